The van der Waals surface area contributed by atoms with Gasteiger partial charge in [-0.2, -0.15) is 0 Å². The fraction of sp³-hybridized carbons (Fsp3) is 0.737. The molecule has 18 heteroatoms. The number of unbranched alkanes of at least 4 members (excludes halogenated alkanes) is 41. The fourth-order valence-electron chi connectivity index (χ4n) is 12.4. The van der Waals surface area contributed by atoms with E-state index in [-0.39, 0.29) is 19.3 Å². The third kappa shape index (κ3) is 88.3. The Morgan fingerprint density at radius 3 is 0.743 bits per heavy atom. The Balaban J connectivity index is 4.46. The number of esters is 3. The maximum atomic E-state index is 13.0. The predicted octanol–water partition coefficient (Wildman–Crippen LogP) is 27.8. The molecule has 0 rings (SSSR count). The Morgan fingerprint density at radius 1 is 0.257 bits per heavy atom. The number of phosphoric acid groups is 2. The molecule has 0 aliphatic heterocycles. The third-order valence-corrected chi connectivity index (χ3v) is 21.2. The van der Waals surface area contributed by atoms with Crippen LogP contribution in [0.5, 0.6) is 0 Å². The van der Waals surface area contributed by atoms with Gasteiger partial charge in [-0.3, -0.25) is 32.5 Å². The minimum absolute atomic E-state index is 0.0902. The summed E-state index contributed by atoms with van der Waals surface area (Å²) in [5.41, 5.74) is 0. The van der Waals surface area contributed by atoms with Crippen molar-refractivity contribution in [2.45, 2.75) is 411 Å². The number of carbonyl (C=O) groups excluding carboxylic acids is 3. The summed E-state index contributed by atoms with van der Waals surface area (Å²) < 4.78 is 61.4. The second kappa shape index (κ2) is 87.0. The van der Waals surface area contributed by atoms with Crippen molar-refractivity contribution in [2.75, 3.05) is 39.6 Å². The lowest BCUT2D eigenvalue weighted by Crippen LogP contribution is -2.30. The Labute approximate surface area is 690 Å². The first-order chi connectivity index (χ1) is 55.2. The number of aliphatic hydroxyl groups excluding tert-OH is 2. The molecule has 0 saturated carbocycles. The highest BCUT2D eigenvalue weighted by Gasteiger charge is 2.29. The van der Waals surface area contributed by atoms with Crippen molar-refractivity contribution in [3.05, 3.63) is 134 Å². The molecule has 0 radical (unpaired) electrons. The summed E-state index contributed by atoms with van der Waals surface area (Å²) in [4.78, 5) is 58.9. The van der Waals surface area contributed by atoms with Gasteiger partial charge in [0.15, 0.2) is 6.10 Å². The molecule has 5 atom stereocenters. The van der Waals surface area contributed by atoms with Crippen LogP contribution in [0.1, 0.15) is 393 Å². The van der Waals surface area contributed by atoms with Crippen LogP contribution >= 0.6 is 15.6 Å². The van der Waals surface area contributed by atoms with Crippen molar-refractivity contribution < 1.29 is 75.8 Å². The van der Waals surface area contributed by atoms with Crippen LogP contribution in [0.15, 0.2) is 134 Å². The van der Waals surface area contributed by atoms with Crippen LogP contribution in [0.25, 0.3) is 0 Å². The number of rotatable bonds is 86. The molecule has 0 aromatic heterocycles. The van der Waals surface area contributed by atoms with Crippen molar-refractivity contribution in [3.63, 3.8) is 0 Å². The van der Waals surface area contributed by atoms with Crippen molar-refractivity contribution >= 4 is 33.6 Å². The lowest BCUT2D eigenvalue weighted by molar-refractivity contribution is -0.161. The van der Waals surface area contributed by atoms with Crippen molar-refractivity contribution in [1.29, 1.82) is 0 Å². The number of hydrogen-bond donors (Lipinski definition) is 4. The summed E-state index contributed by atoms with van der Waals surface area (Å²) in [5, 5.41) is 20.7. The van der Waals surface area contributed by atoms with Crippen molar-refractivity contribution in [2.24, 2.45) is 0 Å². The molecule has 0 aliphatic rings. The van der Waals surface area contributed by atoms with Crippen molar-refractivity contribution in [3.8, 4) is 0 Å². The van der Waals surface area contributed by atoms with Crippen LogP contribution in [-0.2, 0) is 55.8 Å². The van der Waals surface area contributed by atoms with Gasteiger partial charge in [-0.05, 0) is 141 Å². The summed E-state index contributed by atoms with van der Waals surface area (Å²) in [6.45, 7) is 2.55. The molecule has 113 heavy (non-hydrogen) atoms. The lowest BCUT2D eigenvalue weighted by atomic mass is 10.0. The Hall–Kier alpha value is -4.31. The maximum Gasteiger partial charge on any atom is 0.472 e. The SMILES string of the molecule is CC/C=C\C/C=C\C/C=C\CCCCCCCCCC(=O)OC(COC(=O)CCCCCCCCCCC/C=C\C/C=C\C/C=C\C/C=C\CCCCC)COP(=O)(O)OCC(O)COP(=O)(O)OCC(O)COC(=O)CCCCCCCCCCCCCCCCCCCCC/C=C\C/C=C\C/C=C\C/C=C\CCCCC. The average molecular weight is 1630 g/mol. The van der Waals surface area contributed by atoms with Crippen LogP contribution in [0.3, 0.4) is 0 Å². The van der Waals surface area contributed by atoms with E-state index in [9.17, 15) is 43.5 Å². The van der Waals surface area contributed by atoms with E-state index in [4.69, 9.17) is 32.3 Å². The Kier molecular flexibility index (Phi) is 83.7. The normalized spacial score (nSPS) is 14.4. The largest absolute Gasteiger partial charge is 0.472 e. The molecular formula is C95H166O16P2. The average Bonchev–Trinajstić information content (AvgIpc) is 0.902. The molecule has 0 aliphatic carbocycles. The molecule has 0 fully saturated rings. The van der Waals surface area contributed by atoms with Crippen LogP contribution in [0.4, 0.5) is 0 Å². The van der Waals surface area contributed by atoms with E-state index in [0.29, 0.717) is 19.3 Å². The van der Waals surface area contributed by atoms with Gasteiger partial charge in [-0.1, -0.05) is 366 Å². The Morgan fingerprint density at radius 2 is 0.469 bits per heavy atom. The van der Waals surface area contributed by atoms with Crippen LogP contribution < -0.4 is 0 Å². The fourth-order valence-corrected chi connectivity index (χ4v) is 14.0. The molecule has 0 bridgehead atoms. The molecule has 16 nitrogen and oxygen atoms in total. The first-order valence-electron chi connectivity index (χ1n) is 45.5. The summed E-state index contributed by atoms with van der Waals surface area (Å²) >= 11 is 0. The summed E-state index contributed by atoms with van der Waals surface area (Å²) in [6.07, 6.45) is 108. The van der Waals surface area contributed by atoms with E-state index in [1.807, 2.05) is 0 Å². The van der Waals surface area contributed by atoms with E-state index < -0.39 is 91.5 Å². The number of phosphoric ester groups is 2. The number of carbonyl (C=O) groups is 3. The van der Waals surface area contributed by atoms with Gasteiger partial charge in [0.2, 0.25) is 0 Å². The molecular weight excluding hydrogens is 1460 g/mol. The smallest absolute Gasteiger partial charge is 0.463 e. The molecule has 652 valence electrons. The zero-order valence-electron chi connectivity index (χ0n) is 71.8. The second-order valence-corrected chi connectivity index (χ2v) is 33.3. The minimum atomic E-state index is -4.94. The van der Waals surface area contributed by atoms with Gasteiger partial charge in [0, 0.05) is 19.3 Å². The van der Waals surface area contributed by atoms with Gasteiger partial charge < -0.3 is 34.2 Å². The number of allylic oxidation sites excluding steroid dienone is 22. The summed E-state index contributed by atoms with van der Waals surface area (Å²) in [6, 6.07) is 0. The molecule has 0 amide bonds. The maximum absolute atomic E-state index is 13.0. The molecule has 0 saturated heterocycles. The zero-order chi connectivity index (χ0) is 82.2. The standard InChI is InChI=1S/C95H166O16P2/c1-4-7-10-13-16-19-22-25-28-31-33-35-37-39-40-41-42-43-44-45-46-47-48-50-52-53-55-58-60-63-66-69-72-75-78-81-93(98)105-84-90(96)85-107-112(101,102)108-86-91(97)87-109-113(103,104)110-89-92(111-95(100)83-80-77-74-71-68-65-62-57-30-27-24-21-18-15-12-9-6-3)88-106-94(99)82-79-76-73-70-67-64-61-59-56-54-51-49-38-36-34-32-29-26-23-20-17-14-11-8-5-2/h9,12,16-21,25-30,33-36,39-40,49,51,90-92,96-97H,4-8,10-11,13-15,22-24,31-32,37-38,41-48,50,52-89H2,1-3H3,(H,101,102)(H,103,104)/b12-9-,19-16-,20-17-,21-18-,28-25-,29-26-,30-27-,35-33-,36-34-,40-39-,51-49-. The van der Waals surface area contributed by atoms with Crippen LogP contribution in [-0.4, -0.2) is 95.9 Å². The first kappa shape index (κ1) is 109. The number of hydrogen-bond acceptors (Lipinski definition) is 14. The van der Waals surface area contributed by atoms with Crippen LogP contribution in [0.2, 0.25) is 0 Å². The lowest BCUT2D eigenvalue weighted by Gasteiger charge is -2.21. The van der Waals surface area contributed by atoms with E-state index in [1.54, 1.807) is 0 Å². The Bertz CT molecular complexity index is 2580. The van der Waals surface area contributed by atoms with Gasteiger partial charge >= 0.3 is 33.6 Å². The quantitative estimate of drug-likeness (QED) is 0.0146. The molecule has 5 unspecified atom stereocenters. The minimum Gasteiger partial charge on any atom is -0.463 e. The third-order valence-electron chi connectivity index (χ3n) is 19.3. The second-order valence-electron chi connectivity index (χ2n) is 30.4. The highest BCUT2D eigenvalue weighted by molar-refractivity contribution is 7.47. The van der Waals surface area contributed by atoms with Crippen LogP contribution in [0, 0.1) is 0 Å². The van der Waals surface area contributed by atoms with E-state index in [2.05, 4.69) is 154 Å². The monoisotopic (exact) mass is 1630 g/mol. The van der Waals surface area contributed by atoms with Crippen molar-refractivity contribution in [1.82, 2.24) is 0 Å². The molecule has 4 N–H and O–H groups in total. The number of ether oxygens (including phenoxy) is 3. The van der Waals surface area contributed by atoms with Gasteiger partial charge in [0.1, 0.15) is 25.4 Å². The highest BCUT2D eigenvalue weighted by Crippen LogP contribution is 2.45. The number of aliphatic hydroxyl groups is 2. The van der Waals surface area contributed by atoms with Gasteiger partial charge in [0.05, 0.1) is 26.4 Å². The predicted molar refractivity (Wildman–Crippen MR) is 473 cm³/mol. The van der Waals surface area contributed by atoms with E-state index in [1.165, 1.54) is 180 Å². The summed E-state index contributed by atoms with van der Waals surface area (Å²) in [5.74, 6) is -1.58. The topological polar surface area (TPSA) is 231 Å². The molecule has 0 heterocycles. The zero-order valence-corrected chi connectivity index (χ0v) is 73.6. The van der Waals surface area contributed by atoms with Gasteiger partial charge in [-0.15, -0.1) is 0 Å². The molecule has 0 aromatic rings. The van der Waals surface area contributed by atoms with Gasteiger partial charge in [0.25, 0.3) is 0 Å². The molecule has 0 aromatic carbocycles. The molecule has 0 spiro atoms. The van der Waals surface area contributed by atoms with E-state index >= 15 is 0 Å². The first-order valence-corrected chi connectivity index (χ1v) is 48.5. The summed E-state index contributed by atoms with van der Waals surface area (Å²) in [7, 11) is -9.80. The van der Waals surface area contributed by atoms with Gasteiger partial charge in [-0.25, -0.2) is 9.13 Å². The highest BCUT2D eigenvalue weighted by atomic mass is 31.2. The van der Waals surface area contributed by atoms with E-state index in [0.717, 1.165) is 154 Å².